The standard InChI is InChI=1S/C9H15N5O3/c1-6(15)11-4-5-14-7(2-3-10)8(9(16)17)12-13-14/h2-5,10H2,1H3,(H,11,15)(H,16,17). The molecule has 17 heavy (non-hydrogen) atoms. The maximum absolute atomic E-state index is 10.9. The number of carboxylic acid groups (broad SMARTS) is 1. The van der Waals surface area contributed by atoms with Crippen LogP contribution in [-0.4, -0.2) is 45.1 Å². The van der Waals surface area contributed by atoms with Gasteiger partial charge in [0.25, 0.3) is 0 Å². The van der Waals surface area contributed by atoms with Crippen LogP contribution < -0.4 is 11.1 Å². The highest BCUT2D eigenvalue weighted by Crippen LogP contribution is 2.05. The summed E-state index contributed by atoms with van der Waals surface area (Å²) in [5.74, 6) is -1.27. The smallest absolute Gasteiger partial charge is 0.358 e. The van der Waals surface area contributed by atoms with E-state index >= 15 is 0 Å². The fourth-order valence-electron chi connectivity index (χ4n) is 1.40. The molecule has 1 aromatic rings. The highest BCUT2D eigenvalue weighted by Gasteiger charge is 2.17. The number of aromatic carboxylic acids is 1. The van der Waals surface area contributed by atoms with E-state index in [9.17, 15) is 9.59 Å². The first-order valence-corrected chi connectivity index (χ1v) is 5.16. The number of nitrogens with two attached hydrogens (primary N) is 1. The van der Waals surface area contributed by atoms with Crippen LogP contribution in [0, 0.1) is 0 Å². The summed E-state index contributed by atoms with van der Waals surface area (Å²) >= 11 is 0. The molecule has 0 spiro atoms. The fourth-order valence-corrected chi connectivity index (χ4v) is 1.40. The van der Waals surface area contributed by atoms with E-state index in [0.29, 0.717) is 31.7 Å². The summed E-state index contributed by atoms with van der Waals surface area (Å²) in [6.45, 7) is 2.46. The summed E-state index contributed by atoms with van der Waals surface area (Å²) in [4.78, 5) is 21.6. The minimum Gasteiger partial charge on any atom is -0.476 e. The molecule has 94 valence electrons. The molecule has 0 saturated heterocycles. The Bertz CT molecular complexity index is 415. The lowest BCUT2D eigenvalue weighted by Crippen LogP contribution is -2.26. The second-order valence-electron chi connectivity index (χ2n) is 3.43. The number of carbonyl (C=O) groups is 2. The van der Waals surface area contributed by atoms with E-state index in [4.69, 9.17) is 10.8 Å². The highest BCUT2D eigenvalue weighted by molar-refractivity contribution is 5.86. The van der Waals surface area contributed by atoms with E-state index in [1.54, 1.807) is 0 Å². The van der Waals surface area contributed by atoms with Gasteiger partial charge in [0.05, 0.1) is 12.2 Å². The number of amides is 1. The molecule has 0 atom stereocenters. The molecular formula is C9H15N5O3. The Balaban J connectivity index is 2.77. The molecular weight excluding hydrogens is 226 g/mol. The lowest BCUT2D eigenvalue weighted by molar-refractivity contribution is -0.119. The maximum Gasteiger partial charge on any atom is 0.358 e. The number of nitrogens with zero attached hydrogens (tertiary/aromatic N) is 3. The second-order valence-corrected chi connectivity index (χ2v) is 3.43. The van der Waals surface area contributed by atoms with Gasteiger partial charge in [-0.05, 0) is 6.54 Å². The summed E-state index contributed by atoms with van der Waals surface area (Å²) in [7, 11) is 0. The molecule has 0 aliphatic heterocycles. The van der Waals surface area contributed by atoms with Gasteiger partial charge in [-0.15, -0.1) is 5.10 Å². The summed E-state index contributed by atoms with van der Waals surface area (Å²) in [5, 5.41) is 18.8. The number of hydrogen-bond acceptors (Lipinski definition) is 5. The van der Waals surface area contributed by atoms with Crippen LogP contribution in [0.25, 0.3) is 0 Å². The minimum atomic E-state index is -1.13. The maximum atomic E-state index is 10.9. The first kappa shape index (κ1) is 13.1. The molecule has 0 aliphatic carbocycles. The zero-order valence-electron chi connectivity index (χ0n) is 9.51. The predicted molar refractivity (Wildman–Crippen MR) is 58.4 cm³/mol. The van der Waals surface area contributed by atoms with Crippen molar-refractivity contribution in [1.82, 2.24) is 20.3 Å². The van der Waals surface area contributed by atoms with Crippen LogP contribution in [0.5, 0.6) is 0 Å². The molecule has 8 nitrogen and oxygen atoms in total. The van der Waals surface area contributed by atoms with Crippen LogP contribution in [-0.2, 0) is 17.8 Å². The quantitative estimate of drug-likeness (QED) is 0.563. The molecule has 0 unspecified atom stereocenters. The molecule has 0 saturated carbocycles. The van der Waals surface area contributed by atoms with Gasteiger partial charge in [-0.25, -0.2) is 9.48 Å². The lowest BCUT2D eigenvalue weighted by Gasteiger charge is -2.06. The van der Waals surface area contributed by atoms with Crippen molar-refractivity contribution in [3.8, 4) is 0 Å². The Labute approximate surface area is 97.8 Å². The first-order chi connectivity index (χ1) is 8.06. The lowest BCUT2D eigenvalue weighted by atomic mass is 10.2. The van der Waals surface area contributed by atoms with Crippen molar-refractivity contribution in [1.29, 1.82) is 0 Å². The van der Waals surface area contributed by atoms with Crippen molar-refractivity contribution < 1.29 is 14.7 Å². The average Bonchev–Trinajstić information content (AvgIpc) is 2.62. The molecule has 1 rings (SSSR count). The second kappa shape index (κ2) is 5.94. The SMILES string of the molecule is CC(=O)NCCn1nnc(C(=O)O)c1CCN. The highest BCUT2D eigenvalue weighted by atomic mass is 16.4. The van der Waals surface area contributed by atoms with Crippen LogP contribution in [0.3, 0.4) is 0 Å². The van der Waals surface area contributed by atoms with Crippen molar-refractivity contribution in [2.24, 2.45) is 5.73 Å². The van der Waals surface area contributed by atoms with Crippen molar-refractivity contribution in [3.63, 3.8) is 0 Å². The normalized spacial score (nSPS) is 10.2. The molecule has 0 radical (unpaired) electrons. The van der Waals surface area contributed by atoms with E-state index in [2.05, 4.69) is 15.6 Å². The Kier molecular flexibility index (Phi) is 4.58. The molecule has 0 bridgehead atoms. The Morgan fingerprint density at radius 2 is 2.24 bits per heavy atom. The van der Waals surface area contributed by atoms with Crippen LogP contribution in [0.15, 0.2) is 0 Å². The number of hydrogen-bond donors (Lipinski definition) is 3. The number of carbonyl (C=O) groups excluding carboxylic acids is 1. The number of nitrogens with one attached hydrogen (secondary N) is 1. The van der Waals surface area contributed by atoms with Gasteiger partial charge in [0.1, 0.15) is 0 Å². The van der Waals surface area contributed by atoms with E-state index in [1.165, 1.54) is 11.6 Å². The van der Waals surface area contributed by atoms with Crippen molar-refractivity contribution >= 4 is 11.9 Å². The van der Waals surface area contributed by atoms with Crippen LogP contribution in [0.2, 0.25) is 0 Å². The van der Waals surface area contributed by atoms with E-state index in [-0.39, 0.29) is 11.6 Å². The van der Waals surface area contributed by atoms with Gasteiger partial charge in [-0.1, -0.05) is 5.21 Å². The van der Waals surface area contributed by atoms with E-state index < -0.39 is 5.97 Å². The number of rotatable bonds is 6. The molecule has 0 fully saturated rings. The fraction of sp³-hybridized carbons (Fsp3) is 0.556. The van der Waals surface area contributed by atoms with Crippen molar-refractivity contribution in [3.05, 3.63) is 11.4 Å². The van der Waals surface area contributed by atoms with E-state index in [0.717, 1.165) is 0 Å². The average molecular weight is 241 g/mol. The first-order valence-electron chi connectivity index (χ1n) is 5.16. The third kappa shape index (κ3) is 3.52. The molecule has 1 heterocycles. The van der Waals surface area contributed by atoms with E-state index in [1.807, 2.05) is 0 Å². The van der Waals surface area contributed by atoms with Gasteiger partial charge in [-0.2, -0.15) is 0 Å². The predicted octanol–water partition coefficient (Wildman–Crippen LogP) is -1.39. The van der Waals surface area contributed by atoms with Gasteiger partial charge in [-0.3, -0.25) is 4.79 Å². The third-order valence-electron chi connectivity index (χ3n) is 2.12. The zero-order valence-corrected chi connectivity index (χ0v) is 9.51. The zero-order chi connectivity index (χ0) is 12.8. The number of aromatic nitrogens is 3. The van der Waals surface area contributed by atoms with Gasteiger partial charge in [0, 0.05) is 19.9 Å². The van der Waals surface area contributed by atoms with Gasteiger partial charge in [0.2, 0.25) is 5.91 Å². The molecule has 0 aromatic carbocycles. The monoisotopic (exact) mass is 241 g/mol. The van der Waals surface area contributed by atoms with Crippen LogP contribution in [0.4, 0.5) is 0 Å². The van der Waals surface area contributed by atoms with Gasteiger partial charge < -0.3 is 16.2 Å². The topological polar surface area (TPSA) is 123 Å². The minimum absolute atomic E-state index is 0.0849. The van der Waals surface area contributed by atoms with Crippen LogP contribution in [0.1, 0.15) is 23.1 Å². The van der Waals surface area contributed by atoms with Crippen LogP contribution >= 0.6 is 0 Å². The Morgan fingerprint density at radius 1 is 1.53 bits per heavy atom. The molecule has 4 N–H and O–H groups in total. The molecule has 8 heteroatoms. The van der Waals surface area contributed by atoms with Crippen molar-refractivity contribution in [2.45, 2.75) is 19.9 Å². The molecule has 1 aromatic heterocycles. The summed E-state index contributed by atoms with van der Waals surface area (Å²) < 4.78 is 1.45. The Hall–Kier alpha value is -1.96. The van der Waals surface area contributed by atoms with Gasteiger partial charge >= 0.3 is 5.97 Å². The summed E-state index contributed by atoms with van der Waals surface area (Å²) in [5.41, 5.74) is 5.80. The third-order valence-corrected chi connectivity index (χ3v) is 2.12. The molecule has 0 aliphatic rings. The Morgan fingerprint density at radius 3 is 2.76 bits per heavy atom. The van der Waals surface area contributed by atoms with Crippen molar-refractivity contribution in [2.75, 3.05) is 13.1 Å². The summed E-state index contributed by atoms with van der Waals surface area (Å²) in [6, 6.07) is 0. The molecule has 1 amide bonds. The largest absolute Gasteiger partial charge is 0.476 e. The summed E-state index contributed by atoms with van der Waals surface area (Å²) in [6.07, 6.45) is 0.384. The van der Waals surface area contributed by atoms with Gasteiger partial charge in [0.15, 0.2) is 5.69 Å². The number of carboxylic acids is 1.